The number of carbonyl (C=O) groups is 2. The summed E-state index contributed by atoms with van der Waals surface area (Å²) in [6.45, 7) is 3.47. The number of amides is 1. The second kappa shape index (κ2) is 9.88. The highest BCUT2D eigenvalue weighted by Gasteiger charge is 2.17. The van der Waals surface area contributed by atoms with Crippen LogP contribution in [0.25, 0.3) is 27.8 Å². The number of thiazole rings is 1. The lowest BCUT2D eigenvalue weighted by Gasteiger charge is -2.05. The molecule has 0 fully saturated rings. The minimum atomic E-state index is -3.30. The van der Waals surface area contributed by atoms with Gasteiger partial charge in [-0.1, -0.05) is 47.7 Å². The Morgan fingerprint density at radius 2 is 1.69 bits per heavy atom. The van der Waals surface area contributed by atoms with Gasteiger partial charge in [-0.3, -0.25) is 4.79 Å². The van der Waals surface area contributed by atoms with E-state index in [-0.39, 0.29) is 10.8 Å². The van der Waals surface area contributed by atoms with Gasteiger partial charge < -0.3 is 10.1 Å². The number of nitrogens with zero attached hydrogens (tertiary/aromatic N) is 1. The highest BCUT2D eigenvalue weighted by molar-refractivity contribution is 7.90. The fourth-order valence-corrected chi connectivity index (χ4v) is 4.55. The molecule has 0 radical (unpaired) electrons. The number of sulfone groups is 1. The fraction of sp³-hybridized carbons (Fsp3) is 0.174. The summed E-state index contributed by atoms with van der Waals surface area (Å²) in [6, 6.07) is 14.0. The molecule has 1 heterocycles. The molecule has 3 rings (SSSR count). The van der Waals surface area contributed by atoms with Crippen LogP contribution in [-0.4, -0.2) is 38.1 Å². The molecule has 2 aromatic carbocycles. The van der Waals surface area contributed by atoms with Crippen molar-refractivity contribution in [2.24, 2.45) is 0 Å². The predicted octanol–water partition coefficient (Wildman–Crippen LogP) is 4.42. The number of hydrogen-bond acceptors (Lipinski definition) is 7. The maximum atomic E-state index is 11.8. The summed E-state index contributed by atoms with van der Waals surface area (Å²) in [5, 5.41) is 3.15. The molecule has 7 nitrogen and oxygen atoms in total. The molecule has 0 unspecified atom stereocenters. The summed E-state index contributed by atoms with van der Waals surface area (Å²) in [6.07, 6.45) is 4.19. The van der Waals surface area contributed by atoms with Crippen LogP contribution in [0.3, 0.4) is 0 Å². The van der Waals surface area contributed by atoms with E-state index in [0.29, 0.717) is 17.4 Å². The Hall–Kier alpha value is -3.30. The van der Waals surface area contributed by atoms with Crippen molar-refractivity contribution in [3.63, 3.8) is 0 Å². The molecule has 1 N–H and O–H groups in total. The van der Waals surface area contributed by atoms with Crippen molar-refractivity contribution in [1.29, 1.82) is 0 Å². The predicted molar refractivity (Wildman–Crippen MR) is 126 cm³/mol. The number of ether oxygens (including phenoxy) is 1. The number of rotatable bonds is 7. The molecule has 0 saturated carbocycles. The molecule has 0 spiro atoms. The normalized spacial score (nSPS) is 11.5. The molecule has 3 aromatic rings. The Bertz CT molecular complexity index is 1260. The molecule has 1 aromatic heterocycles. The van der Waals surface area contributed by atoms with Crippen molar-refractivity contribution in [3.8, 4) is 21.7 Å². The van der Waals surface area contributed by atoms with E-state index >= 15 is 0 Å². The van der Waals surface area contributed by atoms with Crippen molar-refractivity contribution in [2.75, 3.05) is 18.2 Å². The molecule has 1 amide bonds. The highest BCUT2D eigenvalue weighted by Crippen LogP contribution is 2.39. The van der Waals surface area contributed by atoms with Gasteiger partial charge in [0.2, 0.25) is 5.91 Å². The number of aromatic nitrogens is 1. The van der Waals surface area contributed by atoms with Crippen molar-refractivity contribution < 1.29 is 22.7 Å². The summed E-state index contributed by atoms with van der Waals surface area (Å²) >= 11 is 1.31. The highest BCUT2D eigenvalue weighted by atomic mass is 32.2. The van der Waals surface area contributed by atoms with E-state index in [2.05, 4.69) is 10.3 Å². The average Bonchev–Trinajstić information content (AvgIpc) is 3.15. The largest absolute Gasteiger partial charge is 0.463 e. The first-order valence-electron chi connectivity index (χ1n) is 9.71. The lowest BCUT2D eigenvalue weighted by molar-refractivity contribution is -0.137. The SMILES string of the molecule is CCOC(=O)/C=C/c1ccc(-c2nc(NC(C)=O)sc2-c2ccc(S(C)(=O)=O)cc2)cc1. The van der Waals surface area contributed by atoms with Crippen LogP contribution in [-0.2, 0) is 24.2 Å². The quantitative estimate of drug-likeness (QED) is 0.405. The summed E-state index contributed by atoms with van der Waals surface area (Å²) < 4.78 is 28.4. The van der Waals surface area contributed by atoms with E-state index < -0.39 is 15.8 Å². The van der Waals surface area contributed by atoms with E-state index in [1.54, 1.807) is 37.3 Å². The van der Waals surface area contributed by atoms with E-state index in [4.69, 9.17) is 4.74 Å². The molecule has 0 saturated heterocycles. The number of hydrogen-bond donors (Lipinski definition) is 1. The molecule has 9 heteroatoms. The first-order valence-corrected chi connectivity index (χ1v) is 12.4. The van der Waals surface area contributed by atoms with Gasteiger partial charge in [0.15, 0.2) is 15.0 Å². The lowest BCUT2D eigenvalue weighted by Crippen LogP contribution is -2.04. The van der Waals surface area contributed by atoms with E-state index in [0.717, 1.165) is 27.8 Å². The summed E-state index contributed by atoms with van der Waals surface area (Å²) in [5.74, 6) is -0.639. The summed E-state index contributed by atoms with van der Waals surface area (Å²) in [7, 11) is -3.30. The van der Waals surface area contributed by atoms with Gasteiger partial charge >= 0.3 is 5.97 Å². The van der Waals surface area contributed by atoms with Crippen molar-refractivity contribution in [2.45, 2.75) is 18.7 Å². The van der Waals surface area contributed by atoms with Gasteiger partial charge in [0.1, 0.15) is 0 Å². The van der Waals surface area contributed by atoms with Gasteiger partial charge in [0, 0.05) is 24.8 Å². The van der Waals surface area contributed by atoms with Crippen LogP contribution < -0.4 is 5.32 Å². The van der Waals surface area contributed by atoms with Gasteiger partial charge in [0.05, 0.1) is 22.1 Å². The van der Waals surface area contributed by atoms with Gasteiger partial charge in [0.25, 0.3) is 0 Å². The number of benzene rings is 2. The zero-order chi connectivity index (χ0) is 23.3. The van der Waals surface area contributed by atoms with Crippen molar-refractivity contribution in [3.05, 3.63) is 60.2 Å². The fourth-order valence-electron chi connectivity index (χ4n) is 2.88. The molecule has 32 heavy (non-hydrogen) atoms. The molecule has 0 bridgehead atoms. The third kappa shape index (κ3) is 5.89. The minimum Gasteiger partial charge on any atom is -0.463 e. The Kier molecular flexibility index (Phi) is 7.22. The zero-order valence-electron chi connectivity index (χ0n) is 17.8. The van der Waals surface area contributed by atoms with Crippen molar-refractivity contribution >= 4 is 44.3 Å². The van der Waals surface area contributed by atoms with Crippen LogP contribution in [0.4, 0.5) is 5.13 Å². The standard InChI is InChI=1S/C23H22N2O5S2/c1-4-30-20(27)14-7-16-5-8-17(9-6-16)21-22(31-23(25-21)24-15(2)26)18-10-12-19(13-11-18)32(3,28)29/h5-14H,4H2,1-3H3,(H,24,25,26)/b14-7+. The van der Waals surface area contributed by atoms with Crippen LogP contribution in [0, 0.1) is 0 Å². The molecule has 166 valence electrons. The van der Waals surface area contributed by atoms with E-state index in [1.165, 1.54) is 24.3 Å². The average molecular weight is 471 g/mol. The van der Waals surface area contributed by atoms with Gasteiger partial charge in [-0.15, -0.1) is 0 Å². The molecule has 0 aliphatic carbocycles. The molecule has 0 atom stereocenters. The van der Waals surface area contributed by atoms with Crippen LogP contribution in [0.15, 0.2) is 59.5 Å². The molecule has 0 aliphatic heterocycles. The molecular formula is C23H22N2O5S2. The third-order valence-electron chi connectivity index (χ3n) is 4.34. The van der Waals surface area contributed by atoms with Crippen LogP contribution >= 0.6 is 11.3 Å². The first kappa shape index (κ1) is 23.4. The minimum absolute atomic E-state index is 0.229. The Balaban J connectivity index is 1.97. The summed E-state index contributed by atoms with van der Waals surface area (Å²) in [5.41, 5.74) is 3.08. The summed E-state index contributed by atoms with van der Waals surface area (Å²) in [4.78, 5) is 28.6. The van der Waals surface area contributed by atoms with Gasteiger partial charge in [-0.05, 0) is 36.3 Å². The second-order valence-corrected chi connectivity index (χ2v) is 9.90. The number of anilines is 1. The number of carbonyl (C=O) groups excluding carboxylic acids is 2. The molecule has 0 aliphatic rings. The van der Waals surface area contributed by atoms with Gasteiger partial charge in [-0.25, -0.2) is 18.2 Å². The van der Waals surface area contributed by atoms with Crippen LogP contribution in [0.1, 0.15) is 19.4 Å². The number of nitrogens with one attached hydrogen (secondary N) is 1. The Morgan fingerprint density at radius 3 is 2.25 bits per heavy atom. The van der Waals surface area contributed by atoms with E-state index in [9.17, 15) is 18.0 Å². The smallest absolute Gasteiger partial charge is 0.330 e. The Labute approximate surface area is 190 Å². The zero-order valence-corrected chi connectivity index (χ0v) is 19.4. The van der Waals surface area contributed by atoms with Gasteiger partial charge in [-0.2, -0.15) is 0 Å². The first-order chi connectivity index (χ1) is 15.2. The maximum Gasteiger partial charge on any atom is 0.330 e. The van der Waals surface area contributed by atoms with E-state index in [1.807, 2.05) is 24.3 Å². The monoisotopic (exact) mass is 470 g/mol. The third-order valence-corrected chi connectivity index (χ3v) is 6.49. The van der Waals surface area contributed by atoms with Crippen molar-refractivity contribution in [1.82, 2.24) is 4.98 Å². The number of esters is 1. The van der Waals surface area contributed by atoms with Crippen LogP contribution in [0.2, 0.25) is 0 Å². The molecular weight excluding hydrogens is 448 g/mol. The maximum absolute atomic E-state index is 11.8. The topological polar surface area (TPSA) is 102 Å². The Morgan fingerprint density at radius 1 is 1.06 bits per heavy atom. The lowest BCUT2D eigenvalue weighted by atomic mass is 10.0. The van der Waals surface area contributed by atoms with Crippen LogP contribution in [0.5, 0.6) is 0 Å². The second-order valence-electron chi connectivity index (χ2n) is 6.88.